The third-order valence-corrected chi connectivity index (χ3v) is 3.28. The number of rotatable bonds is 3. The topological polar surface area (TPSA) is 83.6 Å². The zero-order chi connectivity index (χ0) is 14.1. The van der Waals surface area contributed by atoms with Gasteiger partial charge in [0.2, 0.25) is 0 Å². The normalized spacial score (nSPS) is 13.4. The summed E-state index contributed by atoms with van der Waals surface area (Å²) in [6.45, 7) is 5.81. The number of benzene rings is 1. The Labute approximate surface area is 115 Å². The van der Waals surface area contributed by atoms with Crippen LogP contribution in [-0.4, -0.2) is 22.7 Å². The Hall–Kier alpha value is -1.07. The number of carboxylic acid groups (broad SMARTS) is 1. The molecule has 0 bridgehead atoms. The lowest BCUT2D eigenvalue weighted by Gasteiger charge is -2.24. The van der Waals surface area contributed by atoms with Gasteiger partial charge in [-0.1, -0.05) is 36.7 Å². The molecule has 4 nitrogen and oxygen atoms in total. The van der Waals surface area contributed by atoms with E-state index in [0.29, 0.717) is 11.1 Å². The number of aromatic hydroxyl groups is 1. The van der Waals surface area contributed by atoms with E-state index in [0.717, 1.165) is 4.47 Å². The number of hydrogen-bond acceptors (Lipinski definition) is 3. The third kappa shape index (κ3) is 3.03. The third-order valence-electron chi connectivity index (χ3n) is 2.82. The Bertz CT molecular complexity index is 466. The monoisotopic (exact) mass is 315 g/mol. The van der Waals surface area contributed by atoms with E-state index >= 15 is 0 Å². The minimum atomic E-state index is -1.04. The highest BCUT2D eigenvalue weighted by molar-refractivity contribution is 9.10. The highest BCUT2D eigenvalue weighted by atomic mass is 79.9. The van der Waals surface area contributed by atoms with E-state index in [4.69, 9.17) is 10.8 Å². The summed E-state index contributed by atoms with van der Waals surface area (Å²) in [5.41, 5.74) is 6.25. The number of nitrogens with two attached hydrogens (primary N) is 1. The van der Waals surface area contributed by atoms with E-state index in [2.05, 4.69) is 15.9 Å². The molecular weight excluding hydrogens is 298 g/mol. The molecule has 1 unspecified atom stereocenters. The maximum atomic E-state index is 11.1. The molecule has 0 aliphatic heterocycles. The molecule has 0 saturated heterocycles. The maximum absolute atomic E-state index is 11.1. The van der Waals surface area contributed by atoms with E-state index < -0.39 is 11.9 Å². The van der Waals surface area contributed by atoms with Crippen molar-refractivity contribution in [1.29, 1.82) is 0 Å². The van der Waals surface area contributed by atoms with Gasteiger partial charge in [0, 0.05) is 22.1 Å². The van der Waals surface area contributed by atoms with Gasteiger partial charge in [-0.2, -0.15) is 0 Å². The number of carboxylic acids is 1. The van der Waals surface area contributed by atoms with Crippen LogP contribution in [0.25, 0.3) is 0 Å². The van der Waals surface area contributed by atoms with E-state index in [1.807, 2.05) is 20.8 Å². The second kappa shape index (κ2) is 5.28. The smallest absolute Gasteiger partial charge is 0.312 e. The summed E-state index contributed by atoms with van der Waals surface area (Å²) in [6, 6.07) is 3.41. The zero-order valence-corrected chi connectivity index (χ0v) is 12.3. The van der Waals surface area contributed by atoms with Gasteiger partial charge in [-0.05, 0) is 17.5 Å². The van der Waals surface area contributed by atoms with Gasteiger partial charge in [0.1, 0.15) is 5.75 Å². The summed E-state index contributed by atoms with van der Waals surface area (Å²) in [5.74, 6) is -1.92. The van der Waals surface area contributed by atoms with Gasteiger partial charge >= 0.3 is 5.97 Å². The van der Waals surface area contributed by atoms with Crippen LogP contribution in [0.1, 0.15) is 37.8 Å². The van der Waals surface area contributed by atoms with Crippen molar-refractivity contribution in [2.24, 2.45) is 5.73 Å². The second-order valence-electron chi connectivity index (χ2n) is 5.27. The lowest BCUT2D eigenvalue weighted by molar-refractivity contribution is -0.138. The zero-order valence-electron chi connectivity index (χ0n) is 10.7. The van der Waals surface area contributed by atoms with E-state index in [1.165, 1.54) is 0 Å². The van der Waals surface area contributed by atoms with Crippen LogP contribution in [0.2, 0.25) is 0 Å². The highest BCUT2D eigenvalue weighted by Crippen LogP contribution is 2.38. The van der Waals surface area contributed by atoms with Crippen LogP contribution in [0, 0.1) is 0 Å². The van der Waals surface area contributed by atoms with Crippen molar-refractivity contribution in [2.45, 2.75) is 32.1 Å². The Morgan fingerprint density at radius 1 is 1.44 bits per heavy atom. The van der Waals surface area contributed by atoms with Crippen LogP contribution >= 0.6 is 15.9 Å². The number of carbonyl (C=O) groups is 1. The molecule has 0 aromatic heterocycles. The molecule has 1 rings (SSSR count). The Balaban J connectivity index is 3.46. The van der Waals surface area contributed by atoms with Crippen molar-refractivity contribution in [2.75, 3.05) is 6.54 Å². The largest absolute Gasteiger partial charge is 0.507 e. The minimum absolute atomic E-state index is 0.0172. The standard InChI is InChI=1S/C13H18BrNO3/c1-13(2,3)10-5-7(14)4-8(11(10)16)9(6-15)12(17)18/h4-5,9,16H,6,15H2,1-3H3,(H,17,18). The number of phenolic OH excluding ortho intramolecular Hbond substituents is 1. The van der Waals surface area contributed by atoms with Gasteiger partial charge in [-0.25, -0.2) is 0 Å². The maximum Gasteiger partial charge on any atom is 0.312 e. The summed E-state index contributed by atoms with van der Waals surface area (Å²) in [7, 11) is 0. The van der Waals surface area contributed by atoms with Gasteiger partial charge in [0.25, 0.3) is 0 Å². The molecule has 5 heteroatoms. The van der Waals surface area contributed by atoms with Crippen LogP contribution in [0.4, 0.5) is 0 Å². The molecule has 100 valence electrons. The summed E-state index contributed by atoms with van der Waals surface area (Å²) >= 11 is 3.34. The average Bonchev–Trinajstić information content (AvgIpc) is 2.21. The average molecular weight is 316 g/mol. The summed E-state index contributed by atoms with van der Waals surface area (Å²) in [4.78, 5) is 11.1. The van der Waals surface area contributed by atoms with Crippen molar-refractivity contribution >= 4 is 21.9 Å². The first-order valence-corrected chi connectivity index (χ1v) is 6.43. The Kier molecular flexibility index (Phi) is 4.40. The Morgan fingerprint density at radius 3 is 2.39 bits per heavy atom. The van der Waals surface area contributed by atoms with Crippen LogP contribution in [0.15, 0.2) is 16.6 Å². The van der Waals surface area contributed by atoms with Gasteiger partial charge in [-0.3, -0.25) is 4.79 Å². The molecule has 0 heterocycles. The molecule has 0 fully saturated rings. The summed E-state index contributed by atoms with van der Waals surface area (Å²) in [5, 5.41) is 19.4. The molecule has 0 aliphatic rings. The second-order valence-corrected chi connectivity index (χ2v) is 6.18. The molecule has 0 radical (unpaired) electrons. The fraction of sp³-hybridized carbons (Fsp3) is 0.462. The lowest BCUT2D eigenvalue weighted by atomic mass is 9.83. The van der Waals surface area contributed by atoms with Crippen molar-refractivity contribution in [3.63, 3.8) is 0 Å². The molecule has 18 heavy (non-hydrogen) atoms. The number of hydrogen-bond donors (Lipinski definition) is 3. The van der Waals surface area contributed by atoms with E-state index in [9.17, 15) is 9.90 Å². The van der Waals surface area contributed by atoms with Crippen LogP contribution in [0.5, 0.6) is 5.75 Å². The molecular formula is C13H18BrNO3. The fourth-order valence-electron chi connectivity index (χ4n) is 1.82. The van der Waals surface area contributed by atoms with Gasteiger partial charge in [0.05, 0.1) is 5.92 Å². The van der Waals surface area contributed by atoms with Gasteiger partial charge < -0.3 is 15.9 Å². The fourth-order valence-corrected chi connectivity index (χ4v) is 2.29. The van der Waals surface area contributed by atoms with E-state index in [-0.39, 0.29) is 17.7 Å². The van der Waals surface area contributed by atoms with Gasteiger partial charge in [-0.15, -0.1) is 0 Å². The van der Waals surface area contributed by atoms with Crippen molar-refractivity contribution in [3.8, 4) is 5.75 Å². The highest BCUT2D eigenvalue weighted by Gasteiger charge is 2.27. The number of aliphatic carboxylic acids is 1. The molecule has 4 N–H and O–H groups in total. The predicted molar refractivity (Wildman–Crippen MR) is 73.9 cm³/mol. The van der Waals surface area contributed by atoms with E-state index in [1.54, 1.807) is 12.1 Å². The number of halogens is 1. The minimum Gasteiger partial charge on any atom is -0.507 e. The molecule has 0 spiro atoms. The molecule has 0 aliphatic carbocycles. The molecule has 0 amide bonds. The Morgan fingerprint density at radius 2 is 2.00 bits per heavy atom. The van der Waals surface area contributed by atoms with Crippen LogP contribution < -0.4 is 5.73 Å². The first kappa shape index (κ1) is 15.0. The molecule has 1 aromatic rings. The lowest BCUT2D eigenvalue weighted by Crippen LogP contribution is -2.22. The molecule has 1 aromatic carbocycles. The molecule has 0 saturated carbocycles. The van der Waals surface area contributed by atoms with Crippen molar-refractivity contribution in [1.82, 2.24) is 0 Å². The SMILES string of the molecule is CC(C)(C)c1cc(Br)cc(C(CN)C(=O)O)c1O. The first-order chi connectivity index (χ1) is 8.18. The number of phenols is 1. The predicted octanol–water partition coefficient (Wildman–Crippen LogP) is 2.58. The summed E-state index contributed by atoms with van der Waals surface area (Å²) in [6.07, 6.45) is 0. The van der Waals surface area contributed by atoms with Crippen LogP contribution in [0.3, 0.4) is 0 Å². The summed E-state index contributed by atoms with van der Waals surface area (Å²) < 4.78 is 0.736. The van der Waals surface area contributed by atoms with Gasteiger partial charge in [0.15, 0.2) is 0 Å². The van der Waals surface area contributed by atoms with Crippen LogP contribution in [-0.2, 0) is 10.2 Å². The molecule has 1 atom stereocenters. The first-order valence-electron chi connectivity index (χ1n) is 5.64. The quantitative estimate of drug-likeness (QED) is 0.800. The van der Waals surface area contributed by atoms with Crippen molar-refractivity contribution in [3.05, 3.63) is 27.7 Å². The van der Waals surface area contributed by atoms with Crippen molar-refractivity contribution < 1.29 is 15.0 Å².